The Morgan fingerprint density at radius 3 is 3.00 bits per heavy atom. The van der Waals surface area contributed by atoms with E-state index in [9.17, 15) is 4.79 Å². The van der Waals surface area contributed by atoms with E-state index in [0.717, 1.165) is 37.5 Å². The van der Waals surface area contributed by atoms with E-state index >= 15 is 0 Å². The Morgan fingerprint density at radius 1 is 1.48 bits per heavy atom. The third-order valence-corrected chi connectivity index (χ3v) is 3.33. The van der Waals surface area contributed by atoms with Crippen molar-refractivity contribution in [2.24, 2.45) is 0 Å². The Morgan fingerprint density at radius 2 is 2.33 bits per heavy atom. The molecule has 1 aliphatic heterocycles. The SMILES string of the molecule is COc1ccc(C=CC(=O)O)cc1OCCC1CCCO1. The Kier molecular flexibility index (Phi) is 5.63. The van der Waals surface area contributed by atoms with Gasteiger partial charge in [0.05, 0.1) is 19.8 Å². The largest absolute Gasteiger partial charge is 0.493 e. The van der Waals surface area contributed by atoms with Crippen LogP contribution in [0.15, 0.2) is 24.3 Å². The van der Waals surface area contributed by atoms with E-state index in [2.05, 4.69) is 0 Å². The number of aliphatic carboxylic acids is 1. The molecule has 1 heterocycles. The van der Waals surface area contributed by atoms with Gasteiger partial charge in [0.2, 0.25) is 0 Å². The highest BCUT2D eigenvalue weighted by molar-refractivity contribution is 5.85. The zero-order valence-corrected chi connectivity index (χ0v) is 12.1. The maximum Gasteiger partial charge on any atom is 0.328 e. The molecule has 114 valence electrons. The molecule has 0 radical (unpaired) electrons. The molecule has 1 aromatic carbocycles. The maximum absolute atomic E-state index is 10.5. The van der Waals surface area contributed by atoms with Crippen molar-refractivity contribution < 1.29 is 24.1 Å². The summed E-state index contributed by atoms with van der Waals surface area (Å²) in [6.45, 7) is 1.39. The van der Waals surface area contributed by atoms with Gasteiger partial charge in [0, 0.05) is 19.1 Å². The molecule has 21 heavy (non-hydrogen) atoms. The Labute approximate surface area is 124 Å². The van der Waals surface area contributed by atoms with Crippen molar-refractivity contribution in [1.29, 1.82) is 0 Å². The molecule has 1 N–H and O–H groups in total. The number of benzene rings is 1. The van der Waals surface area contributed by atoms with Crippen molar-refractivity contribution >= 4 is 12.0 Å². The number of rotatable bonds is 7. The lowest BCUT2D eigenvalue weighted by molar-refractivity contribution is -0.131. The summed E-state index contributed by atoms with van der Waals surface area (Å²) in [5, 5.41) is 8.65. The molecule has 0 saturated carbocycles. The molecular formula is C16H20O5. The highest BCUT2D eigenvalue weighted by atomic mass is 16.5. The first-order valence-electron chi connectivity index (χ1n) is 7.02. The first-order valence-corrected chi connectivity index (χ1v) is 7.02. The summed E-state index contributed by atoms with van der Waals surface area (Å²) >= 11 is 0. The van der Waals surface area contributed by atoms with Crippen molar-refractivity contribution in [1.82, 2.24) is 0 Å². The van der Waals surface area contributed by atoms with Gasteiger partial charge in [-0.05, 0) is 36.6 Å². The number of hydrogen-bond donors (Lipinski definition) is 1. The van der Waals surface area contributed by atoms with Crippen LogP contribution < -0.4 is 9.47 Å². The Hall–Kier alpha value is -2.01. The van der Waals surface area contributed by atoms with Gasteiger partial charge in [0.15, 0.2) is 11.5 Å². The molecule has 0 spiro atoms. The fraction of sp³-hybridized carbons (Fsp3) is 0.438. The number of carboxylic acids is 1. The standard InChI is InChI=1S/C16H20O5/c1-19-14-6-4-12(5-7-16(17)18)11-15(14)21-10-8-13-3-2-9-20-13/h4-7,11,13H,2-3,8-10H2,1H3,(H,17,18). The summed E-state index contributed by atoms with van der Waals surface area (Å²) < 4.78 is 16.6. The number of carboxylic acid groups (broad SMARTS) is 1. The van der Waals surface area contributed by atoms with E-state index in [4.69, 9.17) is 19.3 Å². The third kappa shape index (κ3) is 4.79. The van der Waals surface area contributed by atoms with Crippen LogP contribution in [0.2, 0.25) is 0 Å². The van der Waals surface area contributed by atoms with Crippen molar-refractivity contribution in [2.45, 2.75) is 25.4 Å². The van der Waals surface area contributed by atoms with Crippen molar-refractivity contribution in [3.8, 4) is 11.5 Å². The topological polar surface area (TPSA) is 65.0 Å². The van der Waals surface area contributed by atoms with Crippen LogP contribution in [-0.4, -0.2) is 37.5 Å². The molecule has 0 aromatic heterocycles. The van der Waals surface area contributed by atoms with Gasteiger partial charge < -0.3 is 19.3 Å². The molecule has 1 unspecified atom stereocenters. The average Bonchev–Trinajstić information content (AvgIpc) is 2.98. The smallest absolute Gasteiger partial charge is 0.328 e. The minimum Gasteiger partial charge on any atom is -0.493 e. The first kappa shape index (κ1) is 15.4. The Bertz CT molecular complexity index is 503. The van der Waals surface area contributed by atoms with Crippen LogP contribution in [0.25, 0.3) is 6.08 Å². The highest BCUT2D eigenvalue weighted by Gasteiger charge is 2.15. The third-order valence-electron chi connectivity index (χ3n) is 3.33. The molecule has 5 nitrogen and oxygen atoms in total. The predicted molar refractivity (Wildman–Crippen MR) is 78.7 cm³/mol. The van der Waals surface area contributed by atoms with Gasteiger partial charge in [-0.1, -0.05) is 6.07 Å². The monoisotopic (exact) mass is 292 g/mol. The predicted octanol–water partition coefficient (Wildman–Crippen LogP) is 2.74. The molecule has 1 aromatic rings. The molecule has 1 saturated heterocycles. The van der Waals surface area contributed by atoms with Crippen LogP contribution in [-0.2, 0) is 9.53 Å². The number of hydrogen-bond acceptors (Lipinski definition) is 4. The second-order valence-corrected chi connectivity index (χ2v) is 4.85. The lowest BCUT2D eigenvalue weighted by atomic mass is 10.2. The quantitative estimate of drug-likeness (QED) is 0.783. The molecule has 2 rings (SSSR count). The summed E-state index contributed by atoms with van der Waals surface area (Å²) in [6, 6.07) is 5.32. The molecular weight excluding hydrogens is 272 g/mol. The molecule has 0 bridgehead atoms. The van der Waals surface area contributed by atoms with Gasteiger partial charge >= 0.3 is 5.97 Å². The van der Waals surface area contributed by atoms with Crippen molar-refractivity contribution in [2.75, 3.05) is 20.3 Å². The summed E-state index contributed by atoms with van der Waals surface area (Å²) in [4.78, 5) is 10.5. The van der Waals surface area contributed by atoms with Gasteiger partial charge in [-0.25, -0.2) is 4.79 Å². The van der Waals surface area contributed by atoms with E-state index in [1.807, 2.05) is 0 Å². The maximum atomic E-state index is 10.5. The summed E-state index contributed by atoms with van der Waals surface area (Å²) in [5.41, 5.74) is 0.755. The van der Waals surface area contributed by atoms with E-state index < -0.39 is 5.97 Å². The molecule has 1 atom stereocenters. The molecule has 5 heteroatoms. The van der Waals surface area contributed by atoms with Gasteiger partial charge in [-0.3, -0.25) is 0 Å². The van der Waals surface area contributed by atoms with Gasteiger partial charge in [0.1, 0.15) is 0 Å². The van der Waals surface area contributed by atoms with E-state index in [1.165, 1.54) is 6.08 Å². The molecule has 1 aliphatic rings. The average molecular weight is 292 g/mol. The number of carbonyl (C=O) groups is 1. The van der Waals surface area contributed by atoms with Gasteiger partial charge in [-0.15, -0.1) is 0 Å². The summed E-state index contributed by atoms with van der Waals surface area (Å²) in [6.07, 6.45) is 5.95. The van der Waals surface area contributed by atoms with Gasteiger partial charge in [0.25, 0.3) is 0 Å². The summed E-state index contributed by atoms with van der Waals surface area (Å²) in [5.74, 6) is 0.268. The second kappa shape index (κ2) is 7.69. The number of ether oxygens (including phenoxy) is 3. The number of methoxy groups -OCH3 is 1. The van der Waals surface area contributed by atoms with Crippen LogP contribution in [0.5, 0.6) is 11.5 Å². The van der Waals surface area contributed by atoms with E-state index in [0.29, 0.717) is 18.1 Å². The highest BCUT2D eigenvalue weighted by Crippen LogP contribution is 2.29. The minimum absolute atomic E-state index is 0.283. The van der Waals surface area contributed by atoms with Crippen LogP contribution >= 0.6 is 0 Å². The zero-order chi connectivity index (χ0) is 15.1. The van der Waals surface area contributed by atoms with Crippen LogP contribution in [0.3, 0.4) is 0 Å². The second-order valence-electron chi connectivity index (χ2n) is 4.85. The van der Waals surface area contributed by atoms with Crippen molar-refractivity contribution in [3.05, 3.63) is 29.8 Å². The fourth-order valence-electron chi connectivity index (χ4n) is 2.25. The fourth-order valence-corrected chi connectivity index (χ4v) is 2.25. The van der Waals surface area contributed by atoms with Gasteiger partial charge in [-0.2, -0.15) is 0 Å². The van der Waals surface area contributed by atoms with Crippen LogP contribution in [0.1, 0.15) is 24.8 Å². The Balaban J connectivity index is 1.97. The molecule has 0 aliphatic carbocycles. The lowest BCUT2D eigenvalue weighted by Gasteiger charge is -2.13. The molecule has 1 fully saturated rings. The van der Waals surface area contributed by atoms with Crippen LogP contribution in [0.4, 0.5) is 0 Å². The molecule has 0 amide bonds. The zero-order valence-electron chi connectivity index (χ0n) is 12.1. The van der Waals surface area contributed by atoms with E-state index in [1.54, 1.807) is 25.3 Å². The normalized spacial score (nSPS) is 18.0. The first-order chi connectivity index (χ1) is 10.2. The van der Waals surface area contributed by atoms with Crippen molar-refractivity contribution in [3.63, 3.8) is 0 Å². The minimum atomic E-state index is -0.980. The summed E-state index contributed by atoms with van der Waals surface area (Å²) in [7, 11) is 1.58. The van der Waals surface area contributed by atoms with E-state index in [-0.39, 0.29) is 6.10 Å². The van der Waals surface area contributed by atoms with Crippen LogP contribution in [0, 0.1) is 0 Å². The lowest BCUT2D eigenvalue weighted by Crippen LogP contribution is -2.11.